The first kappa shape index (κ1) is 12.7. The van der Waals surface area contributed by atoms with Crippen molar-refractivity contribution in [1.82, 2.24) is 0 Å². The van der Waals surface area contributed by atoms with Crippen LogP contribution >= 0.6 is 31.9 Å². The van der Waals surface area contributed by atoms with Crippen LogP contribution < -0.4 is 0 Å². The van der Waals surface area contributed by atoms with E-state index in [1.165, 1.54) is 11.1 Å². The van der Waals surface area contributed by atoms with Gasteiger partial charge in [-0.1, -0.05) is 56.1 Å². The lowest BCUT2D eigenvalue weighted by atomic mass is 10.2. The summed E-state index contributed by atoms with van der Waals surface area (Å²) in [5.74, 6) is 0. The number of hydrogen-bond donors (Lipinski definition) is 1. The third-order valence-electron chi connectivity index (χ3n) is 1.33. The summed E-state index contributed by atoms with van der Waals surface area (Å²) < 4.78 is 0. The van der Waals surface area contributed by atoms with Crippen LogP contribution in [-0.2, 0) is 15.5 Å². The number of carboxylic acid groups (broad SMARTS) is 1. The maximum atomic E-state index is 8.36. The molecule has 1 aromatic carbocycles. The van der Waals surface area contributed by atoms with Crippen LogP contribution in [0.4, 0.5) is 0 Å². The van der Waals surface area contributed by atoms with E-state index in [0.717, 1.165) is 10.7 Å². The molecule has 13 heavy (non-hydrogen) atoms. The molecule has 0 spiro atoms. The first-order valence-electron chi connectivity index (χ1n) is 3.56. The predicted molar refractivity (Wildman–Crippen MR) is 60.4 cm³/mol. The monoisotopic (exact) mass is 308 g/mol. The Morgan fingerprint density at radius 3 is 1.46 bits per heavy atom. The van der Waals surface area contributed by atoms with Crippen molar-refractivity contribution in [3.63, 3.8) is 0 Å². The fourth-order valence-electron chi connectivity index (χ4n) is 0.717. The third-order valence-corrected chi connectivity index (χ3v) is 2.63. The molecule has 0 amide bonds. The minimum absolute atomic E-state index is 0.250. The van der Waals surface area contributed by atoms with Crippen LogP contribution in [-0.4, -0.2) is 11.6 Å². The number of carbonyl (C=O) groups is 1. The lowest BCUT2D eigenvalue weighted by Crippen LogP contribution is -1.78. The van der Waals surface area contributed by atoms with Crippen molar-refractivity contribution in [2.75, 3.05) is 0 Å². The number of alkyl halides is 2. The van der Waals surface area contributed by atoms with Gasteiger partial charge < -0.3 is 5.11 Å². The zero-order valence-electron chi connectivity index (χ0n) is 6.91. The molecule has 0 saturated heterocycles. The Morgan fingerprint density at radius 2 is 1.31 bits per heavy atom. The second-order valence-corrected chi connectivity index (χ2v) is 3.31. The summed E-state index contributed by atoms with van der Waals surface area (Å²) in [4.78, 5) is 8.36. The van der Waals surface area contributed by atoms with Gasteiger partial charge in [0.1, 0.15) is 0 Å². The van der Waals surface area contributed by atoms with E-state index in [0.29, 0.717) is 0 Å². The molecule has 2 nitrogen and oxygen atoms in total. The number of halogens is 2. The molecule has 0 unspecified atom stereocenters. The van der Waals surface area contributed by atoms with E-state index in [-0.39, 0.29) is 6.47 Å². The van der Waals surface area contributed by atoms with Gasteiger partial charge in [-0.05, 0) is 11.1 Å². The summed E-state index contributed by atoms with van der Waals surface area (Å²) in [6, 6.07) is 8.52. The summed E-state index contributed by atoms with van der Waals surface area (Å²) in [5, 5.41) is 8.77. The SMILES string of the molecule is BrCc1ccc(CBr)cc1.O=CO. The average Bonchev–Trinajstić information content (AvgIpc) is 2.19. The first-order valence-corrected chi connectivity index (χ1v) is 5.80. The van der Waals surface area contributed by atoms with Gasteiger partial charge in [0.25, 0.3) is 6.47 Å². The molecular formula is C9H10Br2O2. The second kappa shape index (κ2) is 8.26. The van der Waals surface area contributed by atoms with E-state index in [4.69, 9.17) is 9.90 Å². The Balaban J connectivity index is 0.000000424. The van der Waals surface area contributed by atoms with Crippen LogP contribution in [0.2, 0.25) is 0 Å². The van der Waals surface area contributed by atoms with Crippen molar-refractivity contribution < 1.29 is 9.90 Å². The third kappa shape index (κ3) is 5.82. The quantitative estimate of drug-likeness (QED) is 0.673. The molecule has 0 fully saturated rings. The lowest BCUT2D eigenvalue weighted by molar-refractivity contribution is -0.122. The summed E-state index contributed by atoms with van der Waals surface area (Å²) >= 11 is 6.78. The normalized spacial score (nSPS) is 8.46. The van der Waals surface area contributed by atoms with Crippen LogP contribution in [0, 0.1) is 0 Å². The van der Waals surface area contributed by atoms with E-state index in [2.05, 4.69) is 56.1 Å². The Morgan fingerprint density at radius 1 is 1.08 bits per heavy atom. The van der Waals surface area contributed by atoms with Crippen molar-refractivity contribution in [3.05, 3.63) is 35.4 Å². The molecular weight excluding hydrogens is 300 g/mol. The van der Waals surface area contributed by atoms with Gasteiger partial charge in [-0.2, -0.15) is 0 Å². The van der Waals surface area contributed by atoms with Crippen molar-refractivity contribution >= 4 is 38.3 Å². The predicted octanol–water partition coefficient (Wildman–Crippen LogP) is 3.18. The maximum Gasteiger partial charge on any atom is 0.290 e. The molecule has 1 N–H and O–H groups in total. The zero-order valence-corrected chi connectivity index (χ0v) is 10.1. The largest absolute Gasteiger partial charge is 0.483 e. The van der Waals surface area contributed by atoms with Crippen LogP contribution in [0.5, 0.6) is 0 Å². The van der Waals surface area contributed by atoms with Gasteiger partial charge in [0.05, 0.1) is 0 Å². The van der Waals surface area contributed by atoms with Crippen LogP contribution in [0.15, 0.2) is 24.3 Å². The average molecular weight is 310 g/mol. The van der Waals surface area contributed by atoms with Crippen LogP contribution in [0.1, 0.15) is 11.1 Å². The highest BCUT2D eigenvalue weighted by atomic mass is 79.9. The van der Waals surface area contributed by atoms with E-state index < -0.39 is 0 Å². The molecule has 0 saturated carbocycles. The molecule has 0 bridgehead atoms. The van der Waals surface area contributed by atoms with Crippen molar-refractivity contribution in [2.45, 2.75) is 10.7 Å². The van der Waals surface area contributed by atoms with Gasteiger partial charge in [-0.3, -0.25) is 4.79 Å². The fraction of sp³-hybridized carbons (Fsp3) is 0.222. The number of benzene rings is 1. The highest BCUT2D eigenvalue weighted by molar-refractivity contribution is 9.08. The zero-order chi connectivity index (χ0) is 10.1. The van der Waals surface area contributed by atoms with Gasteiger partial charge >= 0.3 is 0 Å². The van der Waals surface area contributed by atoms with Crippen LogP contribution in [0.25, 0.3) is 0 Å². The molecule has 0 aliphatic heterocycles. The van der Waals surface area contributed by atoms with Crippen LogP contribution in [0.3, 0.4) is 0 Å². The molecule has 0 heterocycles. The summed E-state index contributed by atoms with van der Waals surface area (Å²) in [7, 11) is 0. The van der Waals surface area contributed by atoms with Gasteiger partial charge in [0, 0.05) is 10.7 Å². The lowest BCUT2D eigenvalue weighted by Gasteiger charge is -1.96. The molecule has 4 heteroatoms. The van der Waals surface area contributed by atoms with Gasteiger partial charge in [0.15, 0.2) is 0 Å². The Labute approximate surface area is 94.2 Å². The molecule has 72 valence electrons. The second-order valence-electron chi connectivity index (χ2n) is 2.19. The van der Waals surface area contributed by atoms with Crippen molar-refractivity contribution in [2.24, 2.45) is 0 Å². The molecule has 1 rings (SSSR count). The fourth-order valence-corrected chi connectivity index (χ4v) is 1.47. The standard InChI is InChI=1S/C8H8Br2.CH2O2/c9-5-7-1-2-8(6-10)4-3-7;2-1-3/h1-4H,5-6H2;1H,(H,2,3). The van der Waals surface area contributed by atoms with Gasteiger partial charge in [-0.25, -0.2) is 0 Å². The highest BCUT2D eigenvalue weighted by Crippen LogP contribution is 2.09. The number of hydrogen-bond acceptors (Lipinski definition) is 1. The molecule has 1 aromatic rings. The summed E-state index contributed by atoms with van der Waals surface area (Å²) in [6.45, 7) is -0.250. The van der Waals surface area contributed by atoms with Crippen molar-refractivity contribution in [1.29, 1.82) is 0 Å². The smallest absolute Gasteiger partial charge is 0.290 e. The highest BCUT2D eigenvalue weighted by Gasteiger charge is 1.89. The molecule has 0 aromatic heterocycles. The summed E-state index contributed by atoms with van der Waals surface area (Å²) in [5.41, 5.74) is 2.65. The summed E-state index contributed by atoms with van der Waals surface area (Å²) in [6.07, 6.45) is 0. The number of rotatable bonds is 2. The Bertz CT molecular complexity index is 211. The molecule has 0 aliphatic carbocycles. The molecule has 0 atom stereocenters. The minimum atomic E-state index is -0.250. The van der Waals surface area contributed by atoms with Crippen molar-refractivity contribution in [3.8, 4) is 0 Å². The van der Waals surface area contributed by atoms with E-state index >= 15 is 0 Å². The molecule has 0 aliphatic rings. The molecule has 0 radical (unpaired) electrons. The van der Waals surface area contributed by atoms with Gasteiger partial charge in [0.2, 0.25) is 0 Å². The van der Waals surface area contributed by atoms with E-state index in [9.17, 15) is 0 Å². The Kier molecular flexibility index (Phi) is 8.04. The van der Waals surface area contributed by atoms with E-state index in [1.54, 1.807) is 0 Å². The van der Waals surface area contributed by atoms with E-state index in [1.807, 2.05) is 0 Å². The first-order chi connectivity index (χ1) is 6.28. The Hall–Kier alpha value is -0.350. The maximum absolute atomic E-state index is 8.36. The van der Waals surface area contributed by atoms with Gasteiger partial charge in [-0.15, -0.1) is 0 Å². The topological polar surface area (TPSA) is 37.3 Å². The minimum Gasteiger partial charge on any atom is -0.483 e.